The molecule has 5 rings (SSSR count). The standard InChI is InChI=1S/C24H24N4O2/c1-27(2)12-6-13-28-15-26-24-21(23(28)25)20(19-9-5-14-29-19)18-11-10-16-7-3-4-8-17(16)22(18)30-24/h3-5,7-11,14-15,20,25H,6,12-13H2,1-2H3. The summed E-state index contributed by atoms with van der Waals surface area (Å²) in [7, 11) is 4.11. The first-order valence-electron chi connectivity index (χ1n) is 10.1. The Hall–Kier alpha value is -3.38. The minimum absolute atomic E-state index is 0.232. The van der Waals surface area contributed by atoms with Crippen LogP contribution in [-0.2, 0) is 6.54 Å². The van der Waals surface area contributed by atoms with E-state index >= 15 is 0 Å². The van der Waals surface area contributed by atoms with Crippen LogP contribution in [0.2, 0.25) is 0 Å². The molecule has 0 spiro atoms. The first-order valence-corrected chi connectivity index (χ1v) is 10.1. The molecule has 0 saturated heterocycles. The summed E-state index contributed by atoms with van der Waals surface area (Å²) < 4.78 is 14.0. The number of aromatic nitrogens is 2. The van der Waals surface area contributed by atoms with E-state index in [0.29, 0.717) is 11.4 Å². The van der Waals surface area contributed by atoms with Gasteiger partial charge in [-0.15, -0.1) is 0 Å². The van der Waals surface area contributed by atoms with Gasteiger partial charge in [-0.3, -0.25) is 5.41 Å². The first-order chi connectivity index (χ1) is 14.6. The summed E-state index contributed by atoms with van der Waals surface area (Å²) in [5, 5.41) is 11.1. The summed E-state index contributed by atoms with van der Waals surface area (Å²) in [6.07, 6.45) is 4.33. The molecule has 0 radical (unpaired) electrons. The van der Waals surface area contributed by atoms with Crippen LogP contribution in [0.5, 0.6) is 11.6 Å². The van der Waals surface area contributed by atoms with Gasteiger partial charge < -0.3 is 18.6 Å². The largest absolute Gasteiger partial charge is 0.468 e. The number of hydrogen-bond acceptors (Lipinski definition) is 5. The average molecular weight is 400 g/mol. The average Bonchev–Trinajstić information content (AvgIpc) is 3.28. The van der Waals surface area contributed by atoms with E-state index in [1.165, 1.54) is 0 Å². The molecule has 3 heterocycles. The highest BCUT2D eigenvalue weighted by Gasteiger charge is 2.34. The molecule has 6 nitrogen and oxygen atoms in total. The maximum atomic E-state index is 8.94. The molecule has 1 N–H and O–H groups in total. The van der Waals surface area contributed by atoms with E-state index in [1.807, 2.05) is 28.8 Å². The molecule has 0 saturated carbocycles. The third kappa shape index (κ3) is 3.09. The highest BCUT2D eigenvalue weighted by atomic mass is 16.5. The molecule has 0 bridgehead atoms. The lowest BCUT2D eigenvalue weighted by atomic mass is 9.86. The van der Waals surface area contributed by atoms with Crippen molar-refractivity contribution in [1.82, 2.24) is 14.5 Å². The normalized spacial score (nSPS) is 15.1. The summed E-state index contributed by atoms with van der Waals surface area (Å²) in [4.78, 5) is 6.75. The molecule has 1 aliphatic heterocycles. The van der Waals surface area contributed by atoms with Gasteiger partial charge in [0.15, 0.2) is 0 Å². The number of nitrogens with one attached hydrogen (secondary N) is 1. The topological polar surface area (TPSA) is 67.3 Å². The van der Waals surface area contributed by atoms with E-state index < -0.39 is 0 Å². The zero-order valence-corrected chi connectivity index (χ0v) is 17.1. The van der Waals surface area contributed by atoms with Crippen LogP contribution < -0.4 is 10.2 Å². The Bertz CT molecular complexity index is 1260. The maximum Gasteiger partial charge on any atom is 0.228 e. The SMILES string of the molecule is CN(C)CCCn1cnc2c(c1=N)C(c1ccco1)c1ccc3ccccc3c1O2. The summed E-state index contributed by atoms with van der Waals surface area (Å²) >= 11 is 0. The number of furan rings is 1. The van der Waals surface area contributed by atoms with Crippen molar-refractivity contribution in [1.29, 1.82) is 5.41 Å². The molecule has 152 valence electrons. The Morgan fingerprint density at radius 1 is 1.10 bits per heavy atom. The molecule has 0 amide bonds. The first kappa shape index (κ1) is 18.6. The van der Waals surface area contributed by atoms with E-state index in [-0.39, 0.29) is 5.92 Å². The van der Waals surface area contributed by atoms with Crippen molar-refractivity contribution in [3.63, 3.8) is 0 Å². The van der Waals surface area contributed by atoms with Gasteiger partial charge in [-0.05, 0) is 44.6 Å². The van der Waals surface area contributed by atoms with Crippen LogP contribution in [0.4, 0.5) is 0 Å². The van der Waals surface area contributed by atoms with Gasteiger partial charge in [-0.2, -0.15) is 0 Å². The maximum absolute atomic E-state index is 8.94. The number of fused-ring (bicyclic) bond motifs is 4. The Labute approximate surface area is 174 Å². The summed E-state index contributed by atoms with van der Waals surface area (Å²) in [6, 6.07) is 16.2. The summed E-state index contributed by atoms with van der Waals surface area (Å²) in [5.41, 5.74) is 2.16. The Morgan fingerprint density at radius 2 is 1.97 bits per heavy atom. The highest BCUT2D eigenvalue weighted by molar-refractivity contribution is 5.91. The van der Waals surface area contributed by atoms with Crippen molar-refractivity contribution in [2.75, 3.05) is 20.6 Å². The van der Waals surface area contributed by atoms with Gasteiger partial charge in [0.2, 0.25) is 5.88 Å². The van der Waals surface area contributed by atoms with Gasteiger partial charge in [0.25, 0.3) is 0 Å². The fourth-order valence-electron chi connectivity index (χ4n) is 4.18. The second kappa shape index (κ2) is 7.46. The van der Waals surface area contributed by atoms with Crippen molar-refractivity contribution in [2.45, 2.75) is 18.9 Å². The fraction of sp³-hybridized carbons (Fsp3) is 0.250. The Balaban J connectivity index is 1.67. The smallest absolute Gasteiger partial charge is 0.228 e. The lowest BCUT2D eigenvalue weighted by molar-refractivity contribution is 0.377. The molecule has 30 heavy (non-hydrogen) atoms. The number of hydrogen-bond donors (Lipinski definition) is 1. The highest BCUT2D eigenvalue weighted by Crippen LogP contribution is 2.47. The van der Waals surface area contributed by atoms with E-state index in [2.05, 4.69) is 48.2 Å². The van der Waals surface area contributed by atoms with Crippen molar-refractivity contribution in [3.05, 3.63) is 83.5 Å². The van der Waals surface area contributed by atoms with Crippen LogP contribution in [0.1, 0.15) is 29.2 Å². The molecule has 1 atom stereocenters. The zero-order chi connectivity index (χ0) is 20.7. The number of rotatable bonds is 5. The monoisotopic (exact) mass is 400 g/mol. The predicted molar refractivity (Wildman–Crippen MR) is 115 cm³/mol. The molecule has 1 aliphatic rings. The van der Waals surface area contributed by atoms with Gasteiger partial charge in [0.1, 0.15) is 23.3 Å². The van der Waals surface area contributed by atoms with E-state index in [0.717, 1.165) is 52.9 Å². The number of nitrogens with zero attached hydrogens (tertiary/aromatic N) is 3. The molecule has 4 aromatic rings. The van der Waals surface area contributed by atoms with Crippen LogP contribution in [0.25, 0.3) is 10.8 Å². The van der Waals surface area contributed by atoms with Gasteiger partial charge in [0, 0.05) is 17.5 Å². The van der Waals surface area contributed by atoms with Crippen LogP contribution >= 0.6 is 0 Å². The summed E-state index contributed by atoms with van der Waals surface area (Å²) in [6.45, 7) is 1.68. The minimum Gasteiger partial charge on any atom is -0.468 e. The van der Waals surface area contributed by atoms with E-state index in [1.54, 1.807) is 12.6 Å². The second-order valence-corrected chi connectivity index (χ2v) is 7.92. The molecular formula is C24H24N4O2. The van der Waals surface area contributed by atoms with Crippen LogP contribution in [0.15, 0.2) is 65.5 Å². The lowest BCUT2D eigenvalue weighted by Gasteiger charge is -2.28. The number of ether oxygens (including phenoxy) is 1. The van der Waals surface area contributed by atoms with Crippen LogP contribution in [-0.4, -0.2) is 35.1 Å². The van der Waals surface area contributed by atoms with Gasteiger partial charge in [-0.25, -0.2) is 4.98 Å². The molecule has 0 aliphatic carbocycles. The van der Waals surface area contributed by atoms with Crippen LogP contribution in [0.3, 0.4) is 0 Å². The number of aryl methyl sites for hydroxylation is 1. The van der Waals surface area contributed by atoms with E-state index in [9.17, 15) is 0 Å². The van der Waals surface area contributed by atoms with Crippen molar-refractivity contribution in [2.24, 2.45) is 0 Å². The Kier molecular flexibility index (Phi) is 4.64. The van der Waals surface area contributed by atoms with Crippen LogP contribution in [0, 0.1) is 5.41 Å². The molecular weight excluding hydrogens is 376 g/mol. The van der Waals surface area contributed by atoms with Gasteiger partial charge in [-0.1, -0.05) is 36.4 Å². The molecule has 1 unspecified atom stereocenters. The molecule has 0 fully saturated rings. The second-order valence-electron chi connectivity index (χ2n) is 7.92. The third-order valence-electron chi connectivity index (χ3n) is 5.63. The molecule has 2 aromatic carbocycles. The fourth-order valence-corrected chi connectivity index (χ4v) is 4.18. The van der Waals surface area contributed by atoms with Gasteiger partial charge in [0.05, 0.1) is 17.7 Å². The zero-order valence-electron chi connectivity index (χ0n) is 17.1. The molecule has 2 aromatic heterocycles. The molecule has 6 heteroatoms. The van der Waals surface area contributed by atoms with Crippen molar-refractivity contribution in [3.8, 4) is 11.6 Å². The Morgan fingerprint density at radius 3 is 2.77 bits per heavy atom. The summed E-state index contributed by atoms with van der Waals surface area (Å²) in [5.74, 6) is 1.83. The van der Waals surface area contributed by atoms with Crippen molar-refractivity contribution < 1.29 is 9.15 Å². The van der Waals surface area contributed by atoms with E-state index in [4.69, 9.17) is 14.6 Å². The number of benzene rings is 2. The van der Waals surface area contributed by atoms with Crippen molar-refractivity contribution >= 4 is 10.8 Å². The quantitative estimate of drug-likeness (QED) is 0.476. The minimum atomic E-state index is -0.232. The predicted octanol–water partition coefficient (Wildman–Crippen LogP) is 4.35. The third-order valence-corrected chi connectivity index (χ3v) is 5.63. The van der Waals surface area contributed by atoms with Gasteiger partial charge >= 0.3 is 0 Å². The lowest BCUT2D eigenvalue weighted by Crippen LogP contribution is -2.30.